The molecule has 1 aromatic carbocycles. The van der Waals surface area contributed by atoms with Crippen molar-refractivity contribution in [3.8, 4) is 0 Å². The second kappa shape index (κ2) is 6.99. The van der Waals surface area contributed by atoms with Gasteiger partial charge in [-0.2, -0.15) is 4.31 Å². The maximum atomic E-state index is 12.9. The molecule has 9 nitrogen and oxygen atoms in total. The van der Waals surface area contributed by atoms with Crippen molar-refractivity contribution in [2.75, 3.05) is 32.4 Å². The van der Waals surface area contributed by atoms with Gasteiger partial charge in [-0.3, -0.25) is 9.88 Å². The minimum Gasteiger partial charge on any atom is -0.412 e. The first-order valence-electron chi connectivity index (χ1n) is 7.87. The molecule has 0 bridgehead atoms. The minimum absolute atomic E-state index is 0.198. The van der Waals surface area contributed by atoms with E-state index in [0.29, 0.717) is 25.4 Å². The summed E-state index contributed by atoms with van der Waals surface area (Å²) in [7, 11) is -7.59. The monoisotopic (exact) mass is 401 g/mol. The van der Waals surface area contributed by atoms with Crippen molar-refractivity contribution >= 4 is 19.9 Å². The summed E-state index contributed by atoms with van der Waals surface area (Å²) >= 11 is 0. The molecule has 0 spiro atoms. The van der Waals surface area contributed by atoms with Crippen LogP contribution in [0.5, 0.6) is 0 Å². The van der Waals surface area contributed by atoms with E-state index < -0.39 is 25.6 Å². The molecule has 1 aliphatic heterocycles. The molecule has 2 aromatic rings. The molecule has 0 aliphatic carbocycles. The van der Waals surface area contributed by atoms with Crippen LogP contribution < -0.4 is 5.76 Å². The van der Waals surface area contributed by atoms with E-state index in [4.69, 9.17) is 4.42 Å². The Labute approximate surface area is 151 Å². The van der Waals surface area contributed by atoms with E-state index in [1.54, 1.807) is 0 Å². The molecule has 0 saturated carbocycles. The van der Waals surface area contributed by atoms with Crippen LogP contribution in [0.15, 0.2) is 49.5 Å². The van der Waals surface area contributed by atoms with E-state index in [1.807, 2.05) is 4.90 Å². The SMILES string of the molecule is CS(=O)(=O)c1ccccc1S(=O)(=O)N1CCN(Cc2c[nH]c(=O)o2)CC1. The molecule has 11 heteroatoms. The van der Waals surface area contributed by atoms with Crippen LogP contribution in [0.3, 0.4) is 0 Å². The van der Waals surface area contributed by atoms with Gasteiger partial charge in [-0.15, -0.1) is 0 Å². The highest BCUT2D eigenvalue weighted by Gasteiger charge is 2.32. The minimum atomic E-state index is -3.92. The third-order valence-corrected chi connectivity index (χ3v) is 7.39. The topological polar surface area (TPSA) is 121 Å². The standard InChI is InChI=1S/C15H19N3O6S2/c1-25(20,21)13-4-2-3-5-14(13)26(22,23)18-8-6-17(7-9-18)11-12-10-16-15(19)24-12/h2-5,10H,6-9,11H2,1H3,(H,16,19). The van der Waals surface area contributed by atoms with Gasteiger partial charge in [0, 0.05) is 38.6 Å². The highest BCUT2D eigenvalue weighted by atomic mass is 32.2. The smallest absolute Gasteiger partial charge is 0.412 e. The summed E-state index contributed by atoms with van der Waals surface area (Å²) in [4.78, 5) is 15.0. The summed E-state index contributed by atoms with van der Waals surface area (Å²) in [5, 5.41) is 0. The van der Waals surface area contributed by atoms with Crippen molar-refractivity contribution in [2.24, 2.45) is 0 Å². The van der Waals surface area contributed by atoms with Crippen LogP contribution in [0.4, 0.5) is 0 Å². The Morgan fingerprint density at radius 1 is 1.04 bits per heavy atom. The lowest BCUT2D eigenvalue weighted by Crippen LogP contribution is -2.48. The van der Waals surface area contributed by atoms with Gasteiger partial charge in [-0.25, -0.2) is 21.6 Å². The summed E-state index contributed by atoms with van der Waals surface area (Å²) < 4.78 is 55.9. The average molecular weight is 401 g/mol. The first-order valence-corrected chi connectivity index (χ1v) is 11.2. The number of sulfone groups is 1. The van der Waals surface area contributed by atoms with Crippen LogP contribution >= 0.6 is 0 Å². The summed E-state index contributed by atoms with van der Waals surface area (Å²) in [5.74, 6) is -0.0488. The molecule has 1 fully saturated rings. The number of rotatable bonds is 5. The predicted molar refractivity (Wildman–Crippen MR) is 92.9 cm³/mol. The number of oxazole rings is 1. The zero-order valence-electron chi connectivity index (χ0n) is 14.1. The van der Waals surface area contributed by atoms with Gasteiger partial charge in [0.2, 0.25) is 10.0 Å². The van der Waals surface area contributed by atoms with Crippen LogP contribution in [0.2, 0.25) is 0 Å². The summed E-state index contributed by atoms with van der Waals surface area (Å²) in [6.45, 7) is 1.71. The lowest BCUT2D eigenvalue weighted by molar-refractivity contribution is 0.170. The number of benzene rings is 1. The molecule has 1 aromatic heterocycles. The number of nitrogens with zero attached hydrogens (tertiary/aromatic N) is 2. The van der Waals surface area contributed by atoms with E-state index in [9.17, 15) is 21.6 Å². The van der Waals surface area contributed by atoms with Crippen LogP contribution in [0, 0.1) is 0 Å². The molecule has 1 saturated heterocycles. The zero-order valence-corrected chi connectivity index (χ0v) is 15.7. The number of nitrogens with one attached hydrogen (secondary N) is 1. The third kappa shape index (κ3) is 3.90. The maximum Gasteiger partial charge on any atom is 0.416 e. The molecule has 142 valence electrons. The molecule has 1 aliphatic rings. The predicted octanol–water partition coefficient (Wildman–Crippen LogP) is -0.122. The van der Waals surface area contributed by atoms with Crippen molar-refractivity contribution < 1.29 is 21.3 Å². The molecule has 0 unspecified atom stereocenters. The molecule has 2 heterocycles. The molecule has 0 radical (unpaired) electrons. The Bertz CT molecular complexity index is 1050. The van der Waals surface area contributed by atoms with E-state index in [2.05, 4.69) is 4.98 Å². The van der Waals surface area contributed by atoms with Crippen LogP contribution in [-0.4, -0.2) is 63.5 Å². The summed E-state index contributed by atoms with van der Waals surface area (Å²) in [6, 6.07) is 5.61. The van der Waals surface area contributed by atoms with Crippen molar-refractivity contribution in [1.29, 1.82) is 0 Å². The van der Waals surface area contributed by atoms with E-state index in [0.717, 1.165) is 6.26 Å². The fourth-order valence-electron chi connectivity index (χ4n) is 2.85. The normalized spacial score (nSPS) is 17.4. The number of aromatic nitrogens is 1. The van der Waals surface area contributed by atoms with Crippen LogP contribution in [0.1, 0.15) is 5.76 Å². The van der Waals surface area contributed by atoms with Crippen molar-refractivity contribution in [3.63, 3.8) is 0 Å². The highest BCUT2D eigenvalue weighted by Crippen LogP contribution is 2.25. The van der Waals surface area contributed by atoms with Crippen LogP contribution in [-0.2, 0) is 26.4 Å². The van der Waals surface area contributed by atoms with Gasteiger partial charge in [0.05, 0.1) is 11.4 Å². The Kier molecular flexibility index (Phi) is 5.06. The molecular weight excluding hydrogens is 382 g/mol. The van der Waals surface area contributed by atoms with Gasteiger partial charge in [0.25, 0.3) is 0 Å². The number of hydrogen-bond donors (Lipinski definition) is 1. The summed E-state index contributed by atoms with van der Waals surface area (Å²) in [5.41, 5.74) is 0. The largest absolute Gasteiger partial charge is 0.416 e. The van der Waals surface area contributed by atoms with E-state index in [1.165, 1.54) is 34.8 Å². The van der Waals surface area contributed by atoms with E-state index >= 15 is 0 Å². The van der Waals surface area contributed by atoms with E-state index in [-0.39, 0.29) is 22.9 Å². The Balaban J connectivity index is 1.76. The first-order chi connectivity index (χ1) is 12.2. The molecule has 0 atom stereocenters. The Morgan fingerprint density at radius 2 is 1.65 bits per heavy atom. The Hall–Kier alpha value is -1.95. The van der Waals surface area contributed by atoms with Gasteiger partial charge < -0.3 is 4.42 Å². The van der Waals surface area contributed by atoms with Gasteiger partial charge in [0.1, 0.15) is 10.7 Å². The highest BCUT2D eigenvalue weighted by molar-refractivity contribution is 7.93. The molecule has 0 amide bonds. The fraction of sp³-hybridized carbons (Fsp3) is 0.400. The molecule has 1 N–H and O–H groups in total. The Morgan fingerprint density at radius 3 is 2.19 bits per heavy atom. The molecule has 26 heavy (non-hydrogen) atoms. The van der Waals surface area contributed by atoms with Crippen LogP contribution in [0.25, 0.3) is 0 Å². The second-order valence-electron chi connectivity index (χ2n) is 6.04. The van der Waals surface area contributed by atoms with Crippen molar-refractivity contribution in [1.82, 2.24) is 14.2 Å². The quantitative estimate of drug-likeness (QED) is 0.741. The second-order valence-corrected chi connectivity index (χ2v) is 9.93. The maximum absolute atomic E-state index is 12.9. The van der Waals surface area contributed by atoms with Gasteiger partial charge in [0.15, 0.2) is 9.84 Å². The number of H-pyrrole nitrogens is 1. The third-order valence-electron chi connectivity index (χ3n) is 4.15. The number of aromatic amines is 1. The lowest BCUT2D eigenvalue weighted by atomic mass is 10.3. The molecule has 3 rings (SSSR count). The van der Waals surface area contributed by atoms with Crippen molar-refractivity contribution in [2.45, 2.75) is 16.3 Å². The number of hydrogen-bond acceptors (Lipinski definition) is 7. The van der Waals surface area contributed by atoms with Crippen molar-refractivity contribution in [3.05, 3.63) is 46.8 Å². The first kappa shape index (κ1) is 18.8. The fourth-order valence-corrected chi connectivity index (χ4v) is 5.88. The van der Waals surface area contributed by atoms with Gasteiger partial charge in [-0.1, -0.05) is 12.1 Å². The lowest BCUT2D eigenvalue weighted by Gasteiger charge is -2.33. The molecular formula is C15H19N3O6S2. The summed E-state index contributed by atoms with van der Waals surface area (Å²) in [6.07, 6.45) is 2.47. The number of sulfonamides is 1. The average Bonchev–Trinajstić information content (AvgIpc) is 2.99. The number of piperazine rings is 1. The van der Waals surface area contributed by atoms with Gasteiger partial charge >= 0.3 is 5.76 Å². The zero-order chi connectivity index (χ0) is 18.9. The van der Waals surface area contributed by atoms with Gasteiger partial charge in [-0.05, 0) is 12.1 Å².